The number of likely N-dealkylation sites (tertiary alicyclic amines) is 1. The Kier molecular flexibility index (Phi) is 5.62. The van der Waals surface area contributed by atoms with Gasteiger partial charge in [-0.2, -0.15) is 0 Å². The molecule has 2 rings (SSSR count). The van der Waals surface area contributed by atoms with Crippen LogP contribution < -0.4 is 0 Å². The Bertz CT molecular complexity index is 313. The van der Waals surface area contributed by atoms with Gasteiger partial charge in [-0.3, -0.25) is 4.79 Å². The minimum Gasteiger partial charge on any atom is -0.381 e. The number of carbonyl (C=O) groups is 1. The number of rotatable bonds is 5. The Morgan fingerprint density at radius 1 is 1.25 bits per heavy atom. The van der Waals surface area contributed by atoms with Crippen molar-refractivity contribution in [2.24, 2.45) is 11.3 Å². The number of ketones is 1. The van der Waals surface area contributed by atoms with Crippen molar-refractivity contribution in [3.8, 4) is 0 Å². The van der Waals surface area contributed by atoms with Crippen molar-refractivity contribution in [2.45, 2.75) is 65.3 Å². The normalized spacial score (nSPS) is 25.0. The van der Waals surface area contributed by atoms with Gasteiger partial charge in [-0.1, -0.05) is 6.92 Å². The Morgan fingerprint density at radius 3 is 2.40 bits per heavy atom. The first-order valence-electron chi connectivity index (χ1n) is 8.36. The van der Waals surface area contributed by atoms with Gasteiger partial charge in [0.2, 0.25) is 0 Å². The summed E-state index contributed by atoms with van der Waals surface area (Å²) in [4.78, 5) is 15.1. The number of nitrogens with zero attached hydrogens (tertiary/aromatic N) is 1. The predicted octanol–water partition coefficient (Wildman–Crippen LogP) is 3.27. The minimum absolute atomic E-state index is 0.0590. The van der Waals surface area contributed by atoms with Crippen LogP contribution >= 0.6 is 0 Å². The van der Waals surface area contributed by atoms with E-state index in [0.29, 0.717) is 17.7 Å². The van der Waals surface area contributed by atoms with Gasteiger partial charge in [-0.05, 0) is 65.0 Å². The first-order valence-corrected chi connectivity index (χ1v) is 8.36. The van der Waals surface area contributed by atoms with E-state index in [9.17, 15) is 4.79 Å². The van der Waals surface area contributed by atoms with Crippen LogP contribution in [-0.2, 0) is 9.53 Å². The molecule has 0 bridgehead atoms. The largest absolute Gasteiger partial charge is 0.381 e. The van der Waals surface area contributed by atoms with Crippen molar-refractivity contribution in [2.75, 3.05) is 26.3 Å². The zero-order valence-corrected chi connectivity index (χ0v) is 13.5. The fraction of sp³-hybridized carbons (Fsp3) is 0.941. The van der Waals surface area contributed by atoms with Crippen LogP contribution in [0.1, 0.15) is 59.3 Å². The fourth-order valence-electron chi connectivity index (χ4n) is 3.48. The number of hydrogen-bond donors (Lipinski definition) is 0. The molecular weight excluding hydrogens is 250 g/mol. The second kappa shape index (κ2) is 7.04. The van der Waals surface area contributed by atoms with Gasteiger partial charge in [0.15, 0.2) is 0 Å². The van der Waals surface area contributed by atoms with Gasteiger partial charge >= 0.3 is 0 Å². The van der Waals surface area contributed by atoms with Gasteiger partial charge in [-0.15, -0.1) is 0 Å². The number of carbonyl (C=O) groups excluding carboxylic acids is 1. The lowest BCUT2D eigenvalue weighted by atomic mass is 9.74. The van der Waals surface area contributed by atoms with E-state index in [1.165, 1.54) is 0 Å². The van der Waals surface area contributed by atoms with Crippen molar-refractivity contribution < 1.29 is 9.53 Å². The molecule has 3 nitrogen and oxygen atoms in total. The summed E-state index contributed by atoms with van der Waals surface area (Å²) in [5, 5.41) is 0. The van der Waals surface area contributed by atoms with Crippen LogP contribution in [0.25, 0.3) is 0 Å². The minimum atomic E-state index is -0.0590. The van der Waals surface area contributed by atoms with E-state index in [1.54, 1.807) is 0 Å². The molecule has 0 atom stereocenters. The average Bonchev–Trinajstić information content (AvgIpc) is 2.46. The highest BCUT2D eigenvalue weighted by Crippen LogP contribution is 2.35. The Hall–Kier alpha value is -0.410. The SMILES string of the molecule is CC(C)N1CCC(C)(C(=O)CCC2CCOCC2)CC1. The predicted molar refractivity (Wildman–Crippen MR) is 81.8 cm³/mol. The highest BCUT2D eigenvalue weighted by molar-refractivity contribution is 5.84. The topological polar surface area (TPSA) is 29.5 Å². The Labute approximate surface area is 124 Å². The van der Waals surface area contributed by atoms with E-state index < -0.39 is 0 Å². The van der Waals surface area contributed by atoms with E-state index in [0.717, 1.165) is 64.8 Å². The van der Waals surface area contributed by atoms with Gasteiger partial charge in [0.25, 0.3) is 0 Å². The van der Waals surface area contributed by atoms with Crippen LogP contribution in [-0.4, -0.2) is 43.0 Å². The molecule has 116 valence electrons. The molecule has 2 heterocycles. The molecule has 0 aromatic rings. The molecule has 0 amide bonds. The van der Waals surface area contributed by atoms with Crippen molar-refractivity contribution in [3.05, 3.63) is 0 Å². The molecule has 0 unspecified atom stereocenters. The summed E-state index contributed by atoms with van der Waals surface area (Å²) in [7, 11) is 0. The lowest BCUT2D eigenvalue weighted by molar-refractivity contribution is -0.131. The number of hydrogen-bond acceptors (Lipinski definition) is 3. The summed E-state index contributed by atoms with van der Waals surface area (Å²) in [6.45, 7) is 10.6. The number of Topliss-reactive ketones (excluding diaryl/α,β-unsaturated/α-hetero) is 1. The van der Waals surface area contributed by atoms with Crippen LogP contribution in [0.4, 0.5) is 0 Å². The van der Waals surface area contributed by atoms with Crippen LogP contribution in [0.2, 0.25) is 0 Å². The number of piperidine rings is 1. The summed E-state index contributed by atoms with van der Waals surface area (Å²) < 4.78 is 5.39. The molecular formula is C17H31NO2. The standard InChI is InChI=1S/C17H31NO2/c1-14(2)18-10-8-17(3,9-11-18)16(19)5-4-15-6-12-20-13-7-15/h14-15H,4-13H2,1-3H3. The third-order valence-electron chi connectivity index (χ3n) is 5.43. The highest BCUT2D eigenvalue weighted by atomic mass is 16.5. The number of ether oxygens (including phenoxy) is 1. The third-order valence-corrected chi connectivity index (χ3v) is 5.43. The molecule has 20 heavy (non-hydrogen) atoms. The second-order valence-electron chi connectivity index (χ2n) is 7.21. The molecule has 0 aliphatic carbocycles. The maximum absolute atomic E-state index is 12.6. The van der Waals surface area contributed by atoms with Crippen LogP contribution in [0.5, 0.6) is 0 Å². The Balaban J connectivity index is 1.76. The zero-order chi connectivity index (χ0) is 14.6. The van der Waals surface area contributed by atoms with E-state index in [4.69, 9.17) is 4.74 Å². The van der Waals surface area contributed by atoms with Crippen molar-refractivity contribution in [1.29, 1.82) is 0 Å². The smallest absolute Gasteiger partial charge is 0.138 e. The van der Waals surface area contributed by atoms with Crippen molar-refractivity contribution in [3.63, 3.8) is 0 Å². The molecule has 3 heteroatoms. The monoisotopic (exact) mass is 281 g/mol. The summed E-state index contributed by atoms with van der Waals surface area (Å²) >= 11 is 0. The Morgan fingerprint density at radius 2 is 1.85 bits per heavy atom. The van der Waals surface area contributed by atoms with Crippen molar-refractivity contribution >= 4 is 5.78 Å². The third kappa shape index (κ3) is 4.05. The first-order chi connectivity index (χ1) is 9.51. The van der Waals surface area contributed by atoms with Crippen LogP contribution in [0.3, 0.4) is 0 Å². The van der Waals surface area contributed by atoms with Gasteiger partial charge in [0, 0.05) is 31.1 Å². The molecule has 0 saturated carbocycles. The maximum atomic E-state index is 12.6. The molecule has 2 fully saturated rings. The van der Waals surface area contributed by atoms with E-state index >= 15 is 0 Å². The molecule has 2 aliphatic rings. The first kappa shape index (κ1) is 16.0. The average molecular weight is 281 g/mol. The molecule has 0 N–H and O–H groups in total. The molecule has 0 spiro atoms. The summed E-state index contributed by atoms with van der Waals surface area (Å²) in [6, 6.07) is 0.608. The summed E-state index contributed by atoms with van der Waals surface area (Å²) in [5.74, 6) is 1.22. The lowest BCUT2D eigenvalue weighted by Gasteiger charge is -2.40. The highest BCUT2D eigenvalue weighted by Gasteiger charge is 2.36. The van der Waals surface area contributed by atoms with Crippen LogP contribution in [0, 0.1) is 11.3 Å². The molecule has 0 radical (unpaired) electrons. The summed E-state index contributed by atoms with van der Waals surface area (Å²) in [5.41, 5.74) is -0.0590. The molecule has 0 aromatic carbocycles. The van der Waals surface area contributed by atoms with Gasteiger partial charge in [0.1, 0.15) is 5.78 Å². The van der Waals surface area contributed by atoms with E-state index in [2.05, 4.69) is 25.7 Å². The van der Waals surface area contributed by atoms with Gasteiger partial charge < -0.3 is 9.64 Å². The molecule has 2 aliphatic heterocycles. The molecule has 0 aromatic heterocycles. The van der Waals surface area contributed by atoms with E-state index in [1.807, 2.05) is 0 Å². The zero-order valence-electron chi connectivity index (χ0n) is 13.5. The maximum Gasteiger partial charge on any atom is 0.138 e. The second-order valence-corrected chi connectivity index (χ2v) is 7.21. The quantitative estimate of drug-likeness (QED) is 0.774. The van der Waals surface area contributed by atoms with Crippen molar-refractivity contribution in [1.82, 2.24) is 4.90 Å². The van der Waals surface area contributed by atoms with E-state index in [-0.39, 0.29) is 5.41 Å². The van der Waals surface area contributed by atoms with Gasteiger partial charge in [-0.25, -0.2) is 0 Å². The lowest BCUT2D eigenvalue weighted by Crippen LogP contribution is -2.45. The molecule has 2 saturated heterocycles. The van der Waals surface area contributed by atoms with Gasteiger partial charge in [0.05, 0.1) is 0 Å². The van der Waals surface area contributed by atoms with Crippen LogP contribution in [0.15, 0.2) is 0 Å². The fourth-order valence-corrected chi connectivity index (χ4v) is 3.48. The summed E-state index contributed by atoms with van der Waals surface area (Å²) in [6.07, 6.45) is 6.22.